The van der Waals surface area contributed by atoms with E-state index in [4.69, 9.17) is 22.7 Å². The third-order valence-corrected chi connectivity index (χ3v) is 2.63. The molecule has 0 fully saturated rings. The van der Waals surface area contributed by atoms with Crippen molar-refractivity contribution in [1.29, 1.82) is 0 Å². The molecule has 0 aliphatic rings. The van der Waals surface area contributed by atoms with Gasteiger partial charge in [-0.15, -0.1) is 0 Å². The summed E-state index contributed by atoms with van der Waals surface area (Å²) in [6, 6.07) is 11.3. The van der Waals surface area contributed by atoms with Crippen molar-refractivity contribution in [2.24, 2.45) is 5.73 Å². The van der Waals surface area contributed by atoms with Crippen molar-refractivity contribution in [3.05, 3.63) is 48.2 Å². The number of methoxy groups -OCH3 is 1. The maximum absolute atomic E-state index is 5.51. The Hall–Kier alpha value is -2.14. The number of nitrogens with zero attached hydrogens (tertiary/aromatic N) is 1. The average molecular weight is 259 g/mol. The number of pyridine rings is 1. The predicted molar refractivity (Wildman–Crippen MR) is 76.4 cm³/mol. The molecule has 0 aliphatic carbocycles. The summed E-state index contributed by atoms with van der Waals surface area (Å²) in [6.45, 7) is 0. The molecule has 0 atom stereocenters. The second-order valence-corrected chi connectivity index (χ2v) is 4.09. The van der Waals surface area contributed by atoms with E-state index in [1.807, 2.05) is 36.4 Å². The number of hydrogen-bond acceptors (Lipinski definition) is 4. The number of aromatic nitrogens is 1. The highest BCUT2D eigenvalue weighted by Gasteiger charge is 2.00. The molecule has 0 aliphatic heterocycles. The fourth-order valence-electron chi connectivity index (χ4n) is 1.46. The van der Waals surface area contributed by atoms with Gasteiger partial charge in [0.1, 0.15) is 16.6 Å². The number of nitrogens with two attached hydrogens (primary N) is 1. The smallest absolute Gasteiger partial charge is 0.130 e. The van der Waals surface area contributed by atoms with Gasteiger partial charge < -0.3 is 15.8 Å². The van der Waals surface area contributed by atoms with Gasteiger partial charge in [0.05, 0.1) is 7.11 Å². The molecule has 0 radical (unpaired) electrons. The number of ether oxygens (including phenoxy) is 1. The van der Waals surface area contributed by atoms with Crippen LogP contribution in [0.5, 0.6) is 5.75 Å². The maximum atomic E-state index is 5.51. The van der Waals surface area contributed by atoms with Gasteiger partial charge in [0.2, 0.25) is 0 Å². The van der Waals surface area contributed by atoms with Crippen molar-refractivity contribution in [3.63, 3.8) is 0 Å². The number of benzene rings is 1. The van der Waals surface area contributed by atoms with E-state index in [0.717, 1.165) is 22.8 Å². The number of hydrogen-bond donors (Lipinski definition) is 2. The topological polar surface area (TPSA) is 60.2 Å². The number of anilines is 2. The van der Waals surface area contributed by atoms with Crippen molar-refractivity contribution in [2.45, 2.75) is 0 Å². The molecule has 5 heteroatoms. The fraction of sp³-hybridized carbons (Fsp3) is 0.0769. The molecule has 0 unspecified atom stereocenters. The Labute approximate surface area is 111 Å². The van der Waals surface area contributed by atoms with E-state index >= 15 is 0 Å². The van der Waals surface area contributed by atoms with E-state index in [9.17, 15) is 0 Å². The number of rotatable bonds is 4. The minimum Gasteiger partial charge on any atom is -0.497 e. The SMILES string of the molecule is COc1cccc(Nc2ccc(C(N)=S)cn2)c1. The zero-order valence-electron chi connectivity index (χ0n) is 9.88. The van der Waals surface area contributed by atoms with Gasteiger partial charge in [-0.1, -0.05) is 18.3 Å². The van der Waals surface area contributed by atoms with Crippen LogP contribution in [0, 0.1) is 0 Å². The summed E-state index contributed by atoms with van der Waals surface area (Å²) in [5.41, 5.74) is 7.17. The zero-order chi connectivity index (χ0) is 13.0. The van der Waals surface area contributed by atoms with Gasteiger partial charge in [-0.3, -0.25) is 0 Å². The summed E-state index contributed by atoms with van der Waals surface area (Å²) in [6.07, 6.45) is 1.64. The second-order valence-electron chi connectivity index (χ2n) is 3.65. The Bertz CT molecular complexity index is 554. The highest BCUT2D eigenvalue weighted by Crippen LogP contribution is 2.20. The molecule has 1 aromatic heterocycles. The molecular weight excluding hydrogens is 246 g/mol. The third kappa shape index (κ3) is 2.95. The molecule has 2 rings (SSSR count). The third-order valence-electron chi connectivity index (χ3n) is 2.39. The Morgan fingerprint density at radius 1 is 1.33 bits per heavy atom. The lowest BCUT2D eigenvalue weighted by molar-refractivity contribution is 0.415. The molecule has 2 aromatic rings. The lowest BCUT2D eigenvalue weighted by atomic mass is 10.2. The molecule has 0 bridgehead atoms. The van der Waals surface area contributed by atoms with Crippen molar-refractivity contribution in [1.82, 2.24) is 4.98 Å². The monoisotopic (exact) mass is 259 g/mol. The van der Waals surface area contributed by atoms with Crippen LogP contribution < -0.4 is 15.8 Å². The lowest BCUT2D eigenvalue weighted by Gasteiger charge is -2.07. The van der Waals surface area contributed by atoms with E-state index in [-0.39, 0.29) is 0 Å². The fourth-order valence-corrected chi connectivity index (χ4v) is 1.58. The van der Waals surface area contributed by atoms with Crippen LogP contribution in [0.4, 0.5) is 11.5 Å². The van der Waals surface area contributed by atoms with Gasteiger partial charge in [-0.25, -0.2) is 4.98 Å². The molecule has 0 saturated carbocycles. The predicted octanol–water partition coefficient (Wildman–Crippen LogP) is 2.47. The van der Waals surface area contributed by atoms with Gasteiger partial charge >= 0.3 is 0 Å². The molecule has 1 aromatic carbocycles. The first-order valence-electron chi connectivity index (χ1n) is 5.36. The van der Waals surface area contributed by atoms with E-state index in [1.165, 1.54) is 0 Å². The first-order chi connectivity index (χ1) is 8.69. The van der Waals surface area contributed by atoms with Gasteiger partial charge in [0, 0.05) is 23.5 Å². The number of thiocarbonyl (C=S) groups is 1. The normalized spacial score (nSPS) is 9.83. The van der Waals surface area contributed by atoms with Crippen LogP contribution >= 0.6 is 12.2 Å². The first-order valence-corrected chi connectivity index (χ1v) is 5.77. The van der Waals surface area contributed by atoms with E-state index in [0.29, 0.717) is 4.99 Å². The van der Waals surface area contributed by atoms with E-state index < -0.39 is 0 Å². The van der Waals surface area contributed by atoms with Gasteiger partial charge in [0.25, 0.3) is 0 Å². The summed E-state index contributed by atoms with van der Waals surface area (Å²) in [5, 5.41) is 3.17. The lowest BCUT2D eigenvalue weighted by Crippen LogP contribution is -2.09. The molecule has 18 heavy (non-hydrogen) atoms. The highest BCUT2D eigenvalue weighted by molar-refractivity contribution is 7.80. The Kier molecular flexibility index (Phi) is 3.74. The summed E-state index contributed by atoms with van der Waals surface area (Å²) >= 11 is 4.87. The van der Waals surface area contributed by atoms with Crippen molar-refractivity contribution < 1.29 is 4.74 Å². The Morgan fingerprint density at radius 2 is 2.17 bits per heavy atom. The van der Waals surface area contributed by atoms with Gasteiger partial charge in [-0.05, 0) is 24.3 Å². The minimum atomic E-state index is 0.343. The van der Waals surface area contributed by atoms with Crippen LogP contribution in [-0.4, -0.2) is 17.1 Å². The van der Waals surface area contributed by atoms with Crippen molar-refractivity contribution in [3.8, 4) is 5.75 Å². The van der Waals surface area contributed by atoms with Crippen LogP contribution in [0.2, 0.25) is 0 Å². The zero-order valence-corrected chi connectivity index (χ0v) is 10.7. The summed E-state index contributed by atoms with van der Waals surface area (Å²) in [7, 11) is 1.63. The maximum Gasteiger partial charge on any atom is 0.130 e. The second kappa shape index (κ2) is 5.46. The molecule has 0 amide bonds. The van der Waals surface area contributed by atoms with E-state index in [1.54, 1.807) is 13.3 Å². The van der Waals surface area contributed by atoms with Crippen molar-refractivity contribution >= 4 is 28.7 Å². The minimum absolute atomic E-state index is 0.343. The molecule has 4 nitrogen and oxygen atoms in total. The molecule has 0 saturated heterocycles. The highest BCUT2D eigenvalue weighted by atomic mass is 32.1. The van der Waals surface area contributed by atoms with Gasteiger partial charge in [0.15, 0.2) is 0 Å². The molecule has 0 spiro atoms. The molecule has 92 valence electrons. The molecule has 3 N–H and O–H groups in total. The van der Waals surface area contributed by atoms with Crippen LogP contribution in [0.15, 0.2) is 42.6 Å². The number of nitrogens with one attached hydrogen (secondary N) is 1. The molecule has 1 heterocycles. The van der Waals surface area contributed by atoms with Crippen LogP contribution in [0.3, 0.4) is 0 Å². The van der Waals surface area contributed by atoms with Crippen LogP contribution in [0.1, 0.15) is 5.56 Å². The summed E-state index contributed by atoms with van der Waals surface area (Å²) in [5.74, 6) is 1.52. The van der Waals surface area contributed by atoms with E-state index in [2.05, 4.69) is 10.3 Å². The Balaban J connectivity index is 2.15. The summed E-state index contributed by atoms with van der Waals surface area (Å²) < 4.78 is 5.15. The first kappa shape index (κ1) is 12.3. The largest absolute Gasteiger partial charge is 0.497 e. The Morgan fingerprint density at radius 3 is 2.78 bits per heavy atom. The quantitative estimate of drug-likeness (QED) is 0.826. The van der Waals surface area contributed by atoms with Crippen LogP contribution in [0.25, 0.3) is 0 Å². The van der Waals surface area contributed by atoms with Crippen molar-refractivity contribution in [2.75, 3.05) is 12.4 Å². The van der Waals surface area contributed by atoms with Crippen LogP contribution in [-0.2, 0) is 0 Å². The average Bonchev–Trinajstić information content (AvgIpc) is 2.39. The summed E-state index contributed by atoms with van der Waals surface area (Å²) in [4.78, 5) is 4.57. The standard InChI is InChI=1S/C13H13N3OS/c1-17-11-4-2-3-10(7-11)16-12-6-5-9(8-15-12)13(14)18/h2-8H,1H3,(H2,14,18)(H,15,16). The van der Waals surface area contributed by atoms with Gasteiger partial charge in [-0.2, -0.15) is 0 Å². The molecular formula is C13H13N3OS.